The van der Waals surface area contributed by atoms with E-state index in [1.165, 1.54) is 0 Å². The number of carbonyl (C=O) groups is 1. The van der Waals surface area contributed by atoms with E-state index in [4.69, 9.17) is 9.26 Å². The molecule has 0 aliphatic rings. The number of aromatic nitrogens is 5. The third kappa shape index (κ3) is 4.40. The Morgan fingerprint density at radius 1 is 1.14 bits per heavy atom. The third-order valence-electron chi connectivity index (χ3n) is 4.44. The highest BCUT2D eigenvalue weighted by molar-refractivity contribution is 5.76. The van der Waals surface area contributed by atoms with Crippen LogP contribution in [0.4, 0.5) is 0 Å². The van der Waals surface area contributed by atoms with Crippen molar-refractivity contribution in [3.8, 4) is 17.1 Å². The molecule has 148 valence electrons. The standard InChI is InChI=1S/C20H20N6O3/c1-28-15-7-5-14(6-8-15)20-22-19(29-25-20)10-9-18(27)21-12-11-17-24-23-16-4-2-3-13-26(16)17/h2-8,13H,9-12H2,1H3,(H,21,27). The molecule has 0 aliphatic heterocycles. The fourth-order valence-corrected chi connectivity index (χ4v) is 2.90. The van der Waals surface area contributed by atoms with Crippen LogP contribution in [0.1, 0.15) is 18.1 Å². The number of rotatable bonds is 8. The van der Waals surface area contributed by atoms with E-state index in [2.05, 4.69) is 25.7 Å². The highest BCUT2D eigenvalue weighted by Crippen LogP contribution is 2.20. The number of nitrogens with zero attached hydrogens (tertiary/aromatic N) is 5. The molecule has 9 nitrogen and oxygen atoms in total. The topological polar surface area (TPSA) is 107 Å². The fourth-order valence-electron chi connectivity index (χ4n) is 2.90. The molecule has 0 bridgehead atoms. The van der Waals surface area contributed by atoms with Crippen LogP contribution in [-0.2, 0) is 17.6 Å². The Morgan fingerprint density at radius 2 is 2.00 bits per heavy atom. The summed E-state index contributed by atoms with van der Waals surface area (Å²) in [5.74, 6) is 2.40. The summed E-state index contributed by atoms with van der Waals surface area (Å²) in [6.45, 7) is 0.482. The van der Waals surface area contributed by atoms with Gasteiger partial charge in [0, 0.05) is 37.6 Å². The van der Waals surface area contributed by atoms with Gasteiger partial charge in [0.15, 0.2) is 5.65 Å². The van der Waals surface area contributed by atoms with E-state index in [1.54, 1.807) is 7.11 Å². The number of pyridine rings is 1. The third-order valence-corrected chi connectivity index (χ3v) is 4.44. The van der Waals surface area contributed by atoms with Gasteiger partial charge in [-0.3, -0.25) is 9.20 Å². The van der Waals surface area contributed by atoms with Gasteiger partial charge in [0.2, 0.25) is 17.6 Å². The summed E-state index contributed by atoms with van der Waals surface area (Å²) < 4.78 is 12.3. The zero-order valence-corrected chi connectivity index (χ0v) is 15.9. The molecule has 0 atom stereocenters. The van der Waals surface area contributed by atoms with Crippen molar-refractivity contribution in [3.63, 3.8) is 0 Å². The normalized spacial score (nSPS) is 10.9. The zero-order valence-electron chi connectivity index (χ0n) is 15.9. The Kier molecular flexibility index (Phi) is 5.46. The first-order chi connectivity index (χ1) is 14.2. The predicted octanol–water partition coefficient (Wildman–Crippen LogP) is 2.08. The molecular weight excluding hydrogens is 372 g/mol. The molecule has 1 N–H and O–H groups in total. The van der Waals surface area contributed by atoms with Crippen LogP contribution in [0.25, 0.3) is 17.0 Å². The molecule has 4 rings (SSSR count). The summed E-state index contributed by atoms with van der Waals surface area (Å²) >= 11 is 0. The lowest BCUT2D eigenvalue weighted by Gasteiger charge is -2.03. The van der Waals surface area contributed by atoms with Gasteiger partial charge < -0.3 is 14.6 Å². The van der Waals surface area contributed by atoms with E-state index >= 15 is 0 Å². The van der Waals surface area contributed by atoms with Crippen molar-refractivity contribution in [2.24, 2.45) is 0 Å². The van der Waals surface area contributed by atoms with Crippen LogP contribution in [0.5, 0.6) is 5.75 Å². The number of amides is 1. The van der Waals surface area contributed by atoms with Crippen LogP contribution >= 0.6 is 0 Å². The lowest BCUT2D eigenvalue weighted by Crippen LogP contribution is -2.26. The summed E-state index contributed by atoms with van der Waals surface area (Å²) in [5, 5.41) is 15.1. The van der Waals surface area contributed by atoms with Crippen LogP contribution < -0.4 is 10.1 Å². The van der Waals surface area contributed by atoms with Gasteiger partial charge in [-0.25, -0.2) is 0 Å². The highest BCUT2D eigenvalue weighted by atomic mass is 16.5. The van der Waals surface area contributed by atoms with E-state index in [9.17, 15) is 4.79 Å². The molecule has 0 fully saturated rings. The number of nitrogens with one attached hydrogen (secondary N) is 1. The monoisotopic (exact) mass is 392 g/mol. The molecular formula is C20H20N6O3. The minimum Gasteiger partial charge on any atom is -0.497 e. The lowest BCUT2D eigenvalue weighted by atomic mass is 10.2. The second-order valence-corrected chi connectivity index (χ2v) is 6.39. The van der Waals surface area contributed by atoms with Crippen molar-refractivity contribution >= 4 is 11.6 Å². The molecule has 0 unspecified atom stereocenters. The molecule has 0 aliphatic carbocycles. The summed E-state index contributed by atoms with van der Waals surface area (Å²) in [6, 6.07) is 13.1. The van der Waals surface area contributed by atoms with E-state index in [1.807, 2.05) is 53.1 Å². The summed E-state index contributed by atoms with van der Waals surface area (Å²) in [5.41, 5.74) is 1.61. The Morgan fingerprint density at radius 3 is 2.83 bits per heavy atom. The van der Waals surface area contributed by atoms with Gasteiger partial charge in [0.25, 0.3) is 0 Å². The quantitative estimate of drug-likeness (QED) is 0.489. The van der Waals surface area contributed by atoms with E-state index in [0.29, 0.717) is 31.1 Å². The molecule has 1 aromatic carbocycles. The van der Waals surface area contributed by atoms with Gasteiger partial charge in [-0.15, -0.1) is 10.2 Å². The van der Waals surface area contributed by atoms with Crippen molar-refractivity contribution in [1.82, 2.24) is 30.1 Å². The van der Waals surface area contributed by atoms with Crippen LogP contribution in [0.2, 0.25) is 0 Å². The van der Waals surface area contributed by atoms with E-state index in [0.717, 1.165) is 22.8 Å². The maximum Gasteiger partial charge on any atom is 0.227 e. The van der Waals surface area contributed by atoms with Gasteiger partial charge in [0.1, 0.15) is 11.6 Å². The number of hydrogen-bond donors (Lipinski definition) is 1. The Hall–Kier alpha value is -3.75. The first-order valence-corrected chi connectivity index (χ1v) is 9.25. The molecule has 0 radical (unpaired) electrons. The molecule has 0 saturated heterocycles. The van der Waals surface area contributed by atoms with Crippen molar-refractivity contribution < 1.29 is 14.1 Å². The first kappa shape index (κ1) is 18.6. The minimum atomic E-state index is -0.0805. The van der Waals surface area contributed by atoms with Gasteiger partial charge in [-0.05, 0) is 36.4 Å². The van der Waals surface area contributed by atoms with Crippen LogP contribution in [0.15, 0.2) is 53.2 Å². The van der Waals surface area contributed by atoms with Crippen molar-refractivity contribution in [3.05, 3.63) is 60.4 Å². The molecule has 0 spiro atoms. The zero-order chi connectivity index (χ0) is 20.1. The maximum atomic E-state index is 12.1. The molecule has 3 heterocycles. The number of methoxy groups -OCH3 is 1. The smallest absolute Gasteiger partial charge is 0.227 e. The van der Waals surface area contributed by atoms with Crippen molar-refractivity contribution in [2.75, 3.05) is 13.7 Å². The van der Waals surface area contributed by atoms with E-state index < -0.39 is 0 Å². The average molecular weight is 392 g/mol. The summed E-state index contributed by atoms with van der Waals surface area (Å²) in [6.07, 6.45) is 3.15. The number of carbonyl (C=O) groups excluding carboxylic acids is 1. The fraction of sp³-hybridized carbons (Fsp3) is 0.250. The molecule has 0 saturated carbocycles. The number of aryl methyl sites for hydroxylation is 1. The Labute approximate surface area is 166 Å². The lowest BCUT2D eigenvalue weighted by molar-refractivity contribution is -0.121. The van der Waals surface area contributed by atoms with Crippen LogP contribution in [0.3, 0.4) is 0 Å². The maximum absolute atomic E-state index is 12.1. The van der Waals surface area contributed by atoms with Gasteiger partial charge in [-0.2, -0.15) is 4.98 Å². The van der Waals surface area contributed by atoms with Gasteiger partial charge in [-0.1, -0.05) is 11.2 Å². The van der Waals surface area contributed by atoms with Crippen LogP contribution in [-0.4, -0.2) is 44.3 Å². The summed E-state index contributed by atoms with van der Waals surface area (Å²) in [7, 11) is 1.61. The number of ether oxygens (including phenoxy) is 1. The molecule has 9 heteroatoms. The van der Waals surface area contributed by atoms with E-state index in [-0.39, 0.29) is 12.3 Å². The molecule has 4 aromatic rings. The SMILES string of the molecule is COc1ccc(-c2noc(CCC(=O)NCCc3nnc4ccccn34)n2)cc1. The largest absolute Gasteiger partial charge is 0.497 e. The number of benzene rings is 1. The highest BCUT2D eigenvalue weighted by Gasteiger charge is 2.11. The van der Waals surface area contributed by atoms with Crippen molar-refractivity contribution in [2.45, 2.75) is 19.3 Å². The van der Waals surface area contributed by atoms with Crippen molar-refractivity contribution in [1.29, 1.82) is 0 Å². The van der Waals surface area contributed by atoms with Crippen LogP contribution in [0, 0.1) is 0 Å². The molecule has 1 amide bonds. The second-order valence-electron chi connectivity index (χ2n) is 6.39. The molecule has 3 aromatic heterocycles. The number of fused-ring (bicyclic) bond motifs is 1. The first-order valence-electron chi connectivity index (χ1n) is 9.25. The second kappa shape index (κ2) is 8.51. The minimum absolute atomic E-state index is 0.0805. The Bertz CT molecular complexity index is 1100. The van der Waals surface area contributed by atoms with Gasteiger partial charge in [0.05, 0.1) is 7.11 Å². The average Bonchev–Trinajstić information content (AvgIpc) is 3.40. The summed E-state index contributed by atoms with van der Waals surface area (Å²) in [4.78, 5) is 16.4. The Balaban J connectivity index is 1.25. The molecule has 29 heavy (non-hydrogen) atoms. The van der Waals surface area contributed by atoms with Gasteiger partial charge >= 0.3 is 0 Å². The number of hydrogen-bond acceptors (Lipinski definition) is 7. The predicted molar refractivity (Wildman–Crippen MR) is 104 cm³/mol.